The molecule has 0 radical (unpaired) electrons. The van der Waals surface area contributed by atoms with Crippen LogP contribution in [-0.4, -0.2) is 12.1 Å². The van der Waals surface area contributed by atoms with Gasteiger partial charge in [-0.3, -0.25) is 0 Å². The topological polar surface area (TPSA) is 12.0 Å². The third-order valence-electron chi connectivity index (χ3n) is 2.45. The van der Waals surface area contributed by atoms with E-state index in [1.54, 1.807) is 0 Å². The van der Waals surface area contributed by atoms with Gasteiger partial charge in [0, 0.05) is 12.1 Å². The Bertz CT molecular complexity index is 94.9. The fourth-order valence-electron chi connectivity index (χ4n) is 1.60. The SMILES string of the molecule is CC(C)NC(C)C1CCC1. The molecular formula is C9H19N. The molecule has 0 heterocycles. The van der Waals surface area contributed by atoms with E-state index >= 15 is 0 Å². The lowest BCUT2D eigenvalue weighted by atomic mass is 9.80. The van der Waals surface area contributed by atoms with Gasteiger partial charge in [-0.05, 0) is 25.7 Å². The first-order valence-electron chi connectivity index (χ1n) is 4.46. The molecule has 1 unspecified atom stereocenters. The highest BCUT2D eigenvalue weighted by atomic mass is 14.9. The highest BCUT2D eigenvalue weighted by Crippen LogP contribution is 2.29. The van der Waals surface area contributed by atoms with Crippen LogP contribution in [0, 0.1) is 5.92 Å². The quantitative estimate of drug-likeness (QED) is 0.635. The van der Waals surface area contributed by atoms with E-state index in [0.29, 0.717) is 6.04 Å². The molecule has 1 nitrogen and oxygen atoms in total. The zero-order chi connectivity index (χ0) is 7.56. The van der Waals surface area contributed by atoms with Crippen molar-refractivity contribution in [3.05, 3.63) is 0 Å². The van der Waals surface area contributed by atoms with Crippen LogP contribution in [0.2, 0.25) is 0 Å². The molecule has 0 aliphatic heterocycles. The van der Waals surface area contributed by atoms with Gasteiger partial charge in [0.05, 0.1) is 0 Å². The van der Waals surface area contributed by atoms with Gasteiger partial charge in [0.25, 0.3) is 0 Å². The van der Waals surface area contributed by atoms with Crippen molar-refractivity contribution >= 4 is 0 Å². The van der Waals surface area contributed by atoms with E-state index in [2.05, 4.69) is 26.1 Å². The van der Waals surface area contributed by atoms with E-state index in [1.807, 2.05) is 0 Å². The molecule has 0 spiro atoms. The molecule has 1 saturated carbocycles. The zero-order valence-corrected chi connectivity index (χ0v) is 7.35. The predicted octanol–water partition coefficient (Wildman–Crippen LogP) is 2.17. The van der Waals surface area contributed by atoms with Crippen molar-refractivity contribution in [1.82, 2.24) is 5.32 Å². The first-order chi connectivity index (χ1) is 4.70. The maximum Gasteiger partial charge on any atom is 0.00693 e. The van der Waals surface area contributed by atoms with Crippen LogP contribution < -0.4 is 5.32 Å². The molecule has 60 valence electrons. The van der Waals surface area contributed by atoms with E-state index in [0.717, 1.165) is 12.0 Å². The molecule has 0 aromatic heterocycles. The van der Waals surface area contributed by atoms with E-state index in [9.17, 15) is 0 Å². The van der Waals surface area contributed by atoms with E-state index in [-0.39, 0.29) is 0 Å². The molecule has 1 heteroatoms. The predicted molar refractivity (Wildman–Crippen MR) is 45.1 cm³/mol. The summed E-state index contributed by atoms with van der Waals surface area (Å²) in [5.41, 5.74) is 0. The lowest BCUT2D eigenvalue weighted by Gasteiger charge is -2.33. The summed E-state index contributed by atoms with van der Waals surface area (Å²) in [5, 5.41) is 3.54. The van der Waals surface area contributed by atoms with Crippen LogP contribution in [-0.2, 0) is 0 Å². The zero-order valence-electron chi connectivity index (χ0n) is 7.35. The summed E-state index contributed by atoms with van der Waals surface area (Å²) in [6.07, 6.45) is 4.34. The second-order valence-electron chi connectivity index (χ2n) is 3.80. The average molecular weight is 141 g/mol. The van der Waals surface area contributed by atoms with Crippen molar-refractivity contribution in [2.75, 3.05) is 0 Å². The third-order valence-corrected chi connectivity index (χ3v) is 2.45. The van der Waals surface area contributed by atoms with Crippen molar-refractivity contribution in [3.63, 3.8) is 0 Å². The first kappa shape index (κ1) is 8.06. The molecule has 0 aromatic rings. The Morgan fingerprint density at radius 3 is 2.10 bits per heavy atom. The van der Waals surface area contributed by atoms with Crippen molar-refractivity contribution in [2.24, 2.45) is 5.92 Å². The van der Waals surface area contributed by atoms with Crippen LogP contribution in [0.15, 0.2) is 0 Å². The lowest BCUT2D eigenvalue weighted by molar-refractivity contribution is 0.232. The molecule has 1 N–H and O–H groups in total. The molecule has 0 aromatic carbocycles. The van der Waals surface area contributed by atoms with Crippen molar-refractivity contribution in [2.45, 2.75) is 52.1 Å². The fraction of sp³-hybridized carbons (Fsp3) is 1.00. The van der Waals surface area contributed by atoms with Crippen molar-refractivity contribution in [1.29, 1.82) is 0 Å². The largest absolute Gasteiger partial charge is 0.312 e. The van der Waals surface area contributed by atoms with Crippen LogP contribution in [0.4, 0.5) is 0 Å². The monoisotopic (exact) mass is 141 g/mol. The minimum atomic E-state index is 0.649. The molecule has 0 saturated heterocycles. The van der Waals surface area contributed by atoms with Crippen LogP contribution in [0.1, 0.15) is 40.0 Å². The average Bonchev–Trinajstić information content (AvgIpc) is 1.55. The highest BCUT2D eigenvalue weighted by molar-refractivity contribution is 4.80. The Kier molecular flexibility index (Phi) is 2.72. The number of hydrogen-bond donors (Lipinski definition) is 1. The van der Waals surface area contributed by atoms with Gasteiger partial charge >= 0.3 is 0 Å². The van der Waals surface area contributed by atoms with Crippen molar-refractivity contribution < 1.29 is 0 Å². The minimum absolute atomic E-state index is 0.649. The van der Waals surface area contributed by atoms with Crippen LogP contribution in [0.25, 0.3) is 0 Å². The second-order valence-corrected chi connectivity index (χ2v) is 3.80. The molecule has 10 heavy (non-hydrogen) atoms. The standard InChI is InChI=1S/C9H19N/c1-7(2)10-8(3)9-5-4-6-9/h7-10H,4-6H2,1-3H3. The highest BCUT2D eigenvalue weighted by Gasteiger charge is 2.23. The summed E-state index contributed by atoms with van der Waals surface area (Å²) in [5.74, 6) is 0.974. The van der Waals surface area contributed by atoms with Gasteiger partial charge in [-0.15, -0.1) is 0 Å². The summed E-state index contributed by atoms with van der Waals surface area (Å²) in [4.78, 5) is 0. The minimum Gasteiger partial charge on any atom is -0.312 e. The van der Waals surface area contributed by atoms with Gasteiger partial charge in [0.15, 0.2) is 0 Å². The summed E-state index contributed by atoms with van der Waals surface area (Å²) < 4.78 is 0. The van der Waals surface area contributed by atoms with E-state index in [1.165, 1.54) is 19.3 Å². The van der Waals surface area contributed by atoms with Crippen LogP contribution >= 0.6 is 0 Å². The van der Waals surface area contributed by atoms with Gasteiger partial charge in [-0.2, -0.15) is 0 Å². The molecule has 0 bridgehead atoms. The third kappa shape index (κ3) is 1.98. The van der Waals surface area contributed by atoms with Gasteiger partial charge in [0.1, 0.15) is 0 Å². The van der Waals surface area contributed by atoms with Crippen molar-refractivity contribution in [3.8, 4) is 0 Å². The first-order valence-corrected chi connectivity index (χ1v) is 4.46. The molecule has 0 amide bonds. The Hall–Kier alpha value is -0.0400. The lowest BCUT2D eigenvalue weighted by Crippen LogP contribution is -2.40. The molecule has 1 atom stereocenters. The number of hydrogen-bond acceptors (Lipinski definition) is 1. The van der Waals surface area contributed by atoms with Crippen LogP contribution in [0.5, 0.6) is 0 Å². The van der Waals surface area contributed by atoms with Crippen LogP contribution in [0.3, 0.4) is 0 Å². The summed E-state index contributed by atoms with van der Waals surface area (Å²) in [6, 6.07) is 1.39. The van der Waals surface area contributed by atoms with E-state index < -0.39 is 0 Å². The number of nitrogens with one attached hydrogen (secondary N) is 1. The fourth-order valence-corrected chi connectivity index (χ4v) is 1.60. The number of rotatable bonds is 3. The second kappa shape index (κ2) is 3.38. The summed E-state index contributed by atoms with van der Waals surface area (Å²) in [7, 11) is 0. The molecule has 1 fully saturated rings. The van der Waals surface area contributed by atoms with Gasteiger partial charge < -0.3 is 5.32 Å². The molecular weight excluding hydrogens is 122 g/mol. The van der Waals surface area contributed by atoms with Gasteiger partial charge in [0.2, 0.25) is 0 Å². The van der Waals surface area contributed by atoms with Gasteiger partial charge in [-0.25, -0.2) is 0 Å². The maximum atomic E-state index is 3.54. The Labute approximate surface area is 64.2 Å². The Morgan fingerprint density at radius 2 is 1.80 bits per heavy atom. The molecule has 1 aliphatic carbocycles. The molecule has 1 aliphatic rings. The summed E-state index contributed by atoms with van der Waals surface area (Å²) >= 11 is 0. The smallest absolute Gasteiger partial charge is 0.00693 e. The normalized spacial score (nSPS) is 22.8. The summed E-state index contributed by atoms with van der Waals surface area (Å²) in [6.45, 7) is 6.74. The van der Waals surface area contributed by atoms with E-state index in [4.69, 9.17) is 0 Å². The maximum absolute atomic E-state index is 3.54. The Balaban J connectivity index is 2.13. The molecule has 1 rings (SSSR count). The Morgan fingerprint density at radius 1 is 1.20 bits per heavy atom. The van der Waals surface area contributed by atoms with Gasteiger partial charge in [-0.1, -0.05) is 20.3 Å².